The fraction of sp³-hybridized carbons (Fsp3) is 0.353. The van der Waals surface area contributed by atoms with E-state index >= 15 is 0 Å². The van der Waals surface area contributed by atoms with Crippen molar-refractivity contribution in [1.82, 2.24) is 9.97 Å². The molecule has 122 valence electrons. The number of halogens is 1. The summed E-state index contributed by atoms with van der Waals surface area (Å²) in [4.78, 5) is 20.7. The molecule has 0 aliphatic heterocycles. The molecule has 2 N–H and O–H groups in total. The highest BCUT2D eigenvalue weighted by Gasteiger charge is 2.11. The van der Waals surface area contributed by atoms with Crippen molar-refractivity contribution in [1.29, 1.82) is 0 Å². The van der Waals surface area contributed by atoms with E-state index in [9.17, 15) is 4.79 Å². The number of amides is 1. The Hall–Kier alpha value is -2.14. The lowest BCUT2D eigenvalue weighted by Gasteiger charge is -2.10. The number of carbonyl (C=O) groups is 1. The van der Waals surface area contributed by atoms with Gasteiger partial charge in [-0.15, -0.1) is 0 Å². The quantitative estimate of drug-likeness (QED) is 0.834. The molecule has 0 aliphatic carbocycles. The SMILES string of the molecule is Cc1c(Cl)cccc1NC(=O)c1ccnc(NCCC(C)C)n1. The van der Waals surface area contributed by atoms with Gasteiger partial charge in [0.25, 0.3) is 5.91 Å². The van der Waals surface area contributed by atoms with Crippen molar-refractivity contribution >= 4 is 29.1 Å². The Morgan fingerprint density at radius 2 is 2.09 bits per heavy atom. The minimum absolute atomic E-state index is 0.287. The first-order valence-electron chi connectivity index (χ1n) is 7.60. The number of benzene rings is 1. The average molecular weight is 333 g/mol. The number of nitrogens with one attached hydrogen (secondary N) is 2. The van der Waals surface area contributed by atoms with E-state index in [2.05, 4.69) is 34.4 Å². The van der Waals surface area contributed by atoms with E-state index in [1.165, 1.54) is 0 Å². The van der Waals surface area contributed by atoms with Gasteiger partial charge in [-0.2, -0.15) is 0 Å². The molecule has 2 aromatic rings. The lowest BCUT2D eigenvalue weighted by Crippen LogP contribution is -2.16. The van der Waals surface area contributed by atoms with Gasteiger partial charge in [-0.3, -0.25) is 4.79 Å². The summed E-state index contributed by atoms with van der Waals surface area (Å²) in [6, 6.07) is 6.97. The molecule has 0 saturated heterocycles. The van der Waals surface area contributed by atoms with Gasteiger partial charge in [0.1, 0.15) is 5.69 Å². The zero-order valence-corrected chi connectivity index (χ0v) is 14.3. The van der Waals surface area contributed by atoms with Crippen molar-refractivity contribution in [3.05, 3.63) is 46.7 Å². The lowest BCUT2D eigenvalue weighted by molar-refractivity contribution is 0.102. The second kappa shape index (κ2) is 7.92. The molecule has 0 fully saturated rings. The fourth-order valence-corrected chi connectivity index (χ4v) is 2.15. The summed E-state index contributed by atoms with van der Waals surface area (Å²) in [5, 5.41) is 6.57. The second-order valence-corrected chi connectivity index (χ2v) is 6.15. The van der Waals surface area contributed by atoms with E-state index in [4.69, 9.17) is 11.6 Å². The van der Waals surface area contributed by atoms with Crippen LogP contribution in [0, 0.1) is 12.8 Å². The van der Waals surface area contributed by atoms with Crippen molar-refractivity contribution in [3.63, 3.8) is 0 Å². The summed E-state index contributed by atoms with van der Waals surface area (Å²) in [6.07, 6.45) is 2.59. The van der Waals surface area contributed by atoms with Crippen LogP contribution in [0.15, 0.2) is 30.5 Å². The van der Waals surface area contributed by atoms with Gasteiger partial charge in [0.05, 0.1) is 0 Å². The van der Waals surface area contributed by atoms with Crippen LogP contribution in [0.4, 0.5) is 11.6 Å². The van der Waals surface area contributed by atoms with Gasteiger partial charge in [0.2, 0.25) is 5.95 Å². The second-order valence-electron chi connectivity index (χ2n) is 5.74. The molecule has 2 rings (SSSR count). The predicted molar refractivity (Wildman–Crippen MR) is 94.1 cm³/mol. The zero-order valence-electron chi connectivity index (χ0n) is 13.6. The summed E-state index contributed by atoms with van der Waals surface area (Å²) in [6.45, 7) is 6.94. The summed E-state index contributed by atoms with van der Waals surface area (Å²) < 4.78 is 0. The minimum Gasteiger partial charge on any atom is -0.354 e. The predicted octanol–water partition coefficient (Wildman–Crippen LogP) is 4.15. The molecule has 1 aromatic carbocycles. The van der Waals surface area contributed by atoms with Gasteiger partial charge in [0, 0.05) is 23.5 Å². The van der Waals surface area contributed by atoms with Gasteiger partial charge in [0.15, 0.2) is 0 Å². The summed E-state index contributed by atoms with van der Waals surface area (Å²) in [5.41, 5.74) is 1.81. The van der Waals surface area contributed by atoms with Gasteiger partial charge in [-0.1, -0.05) is 31.5 Å². The first-order valence-corrected chi connectivity index (χ1v) is 7.98. The smallest absolute Gasteiger partial charge is 0.274 e. The van der Waals surface area contributed by atoms with Crippen LogP contribution < -0.4 is 10.6 Å². The summed E-state index contributed by atoms with van der Waals surface area (Å²) in [5.74, 6) is 0.769. The molecule has 1 heterocycles. The van der Waals surface area contributed by atoms with Crippen LogP contribution in [-0.2, 0) is 0 Å². The third-order valence-corrected chi connectivity index (χ3v) is 3.82. The Labute approximate surface area is 141 Å². The Bertz CT molecular complexity index is 688. The maximum Gasteiger partial charge on any atom is 0.274 e. The Balaban J connectivity index is 2.06. The molecule has 0 aliphatic rings. The van der Waals surface area contributed by atoms with Crippen LogP contribution in [0.1, 0.15) is 36.3 Å². The van der Waals surface area contributed by atoms with Crippen LogP contribution >= 0.6 is 11.6 Å². The average Bonchev–Trinajstić information content (AvgIpc) is 2.52. The highest BCUT2D eigenvalue weighted by molar-refractivity contribution is 6.31. The van der Waals surface area contributed by atoms with Crippen LogP contribution in [-0.4, -0.2) is 22.4 Å². The number of hydrogen-bond acceptors (Lipinski definition) is 4. The number of rotatable bonds is 6. The van der Waals surface area contributed by atoms with E-state index in [0.29, 0.717) is 28.3 Å². The largest absolute Gasteiger partial charge is 0.354 e. The summed E-state index contributed by atoms with van der Waals surface area (Å²) in [7, 11) is 0. The van der Waals surface area contributed by atoms with Crippen LogP contribution in [0.5, 0.6) is 0 Å². The topological polar surface area (TPSA) is 66.9 Å². The van der Waals surface area contributed by atoms with E-state index in [1.54, 1.807) is 24.4 Å². The molecule has 0 spiro atoms. The van der Waals surface area contributed by atoms with E-state index < -0.39 is 0 Å². The van der Waals surface area contributed by atoms with E-state index in [-0.39, 0.29) is 5.91 Å². The molecule has 0 unspecified atom stereocenters. The van der Waals surface area contributed by atoms with Gasteiger partial charge >= 0.3 is 0 Å². The monoisotopic (exact) mass is 332 g/mol. The zero-order chi connectivity index (χ0) is 16.8. The third kappa shape index (κ3) is 4.93. The molecular weight excluding hydrogens is 312 g/mol. The maximum absolute atomic E-state index is 12.3. The Morgan fingerprint density at radius 1 is 1.30 bits per heavy atom. The Kier molecular flexibility index (Phi) is 5.93. The molecule has 6 heteroatoms. The summed E-state index contributed by atoms with van der Waals surface area (Å²) >= 11 is 6.06. The molecule has 1 aromatic heterocycles. The highest BCUT2D eigenvalue weighted by Crippen LogP contribution is 2.23. The van der Waals surface area contributed by atoms with Crippen molar-refractivity contribution in [2.75, 3.05) is 17.2 Å². The number of carbonyl (C=O) groups excluding carboxylic acids is 1. The number of nitrogens with zero attached hydrogens (tertiary/aromatic N) is 2. The molecule has 1 amide bonds. The van der Waals surface area contributed by atoms with Crippen molar-refractivity contribution < 1.29 is 4.79 Å². The number of aromatic nitrogens is 2. The highest BCUT2D eigenvalue weighted by atomic mass is 35.5. The standard InChI is InChI=1S/C17H21ClN4O/c1-11(2)7-9-19-17-20-10-8-15(22-17)16(23)21-14-6-4-5-13(18)12(14)3/h4-6,8,10-11H,7,9H2,1-3H3,(H,21,23)(H,19,20,22). The van der Waals surface area contributed by atoms with Crippen molar-refractivity contribution in [2.45, 2.75) is 27.2 Å². The van der Waals surface area contributed by atoms with Crippen LogP contribution in [0.2, 0.25) is 5.02 Å². The minimum atomic E-state index is -0.287. The number of hydrogen-bond donors (Lipinski definition) is 2. The van der Waals surface area contributed by atoms with Gasteiger partial charge in [-0.25, -0.2) is 9.97 Å². The lowest BCUT2D eigenvalue weighted by atomic mass is 10.1. The van der Waals surface area contributed by atoms with Crippen molar-refractivity contribution in [2.24, 2.45) is 5.92 Å². The molecule has 0 bridgehead atoms. The first kappa shape index (κ1) is 17.2. The van der Waals surface area contributed by atoms with Gasteiger partial charge in [-0.05, 0) is 43.0 Å². The molecule has 23 heavy (non-hydrogen) atoms. The van der Waals surface area contributed by atoms with E-state index in [1.807, 2.05) is 13.0 Å². The Morgan fingerprint density at radius 3 is 2.83 bits per heavy atom. The fourth-order valence-electron chi connectivity index (χ4n) is 1.97. The first-order chi connectivity index (χ1) is 11.0. The normalized spacial score (nSPS) is 10.7. The van der Waals surface area contributed by atoms with Gasteiger partial charge < -0.3 is 10.6 Å². The maximum atomic E-state index is 12.3. The molecular formula is C17H21ClN4O. The molecule has 5 nitrogen and oxygen atoms in total. The van der Waals surface area contributed by atoms with Crippen LogP contribution in [0.25, 0.3) is 0 Å². The molecule has 0 atom stereocenters. The third-order valence-electron chi connectivity index (χ3n) is 3.41. The number of anilines is 2. The van der Waals surface area contributed by atoms with E-state index in [0.717, 1.165) is 18.5 Å². The molecule has 0 radical (unpaired) electrons. The van der Waals surface area contributed by atoms with Crippen LogP contribution in [0.3, 0.4) is 0 Å². The molecule has 0 saturated carbocycles. The van der Waals surface area contributed by atoms with Crippen molar-refractivity contribution in [3.8, 4) is 0 Å².